The molecule has 0 spiro atoms. The van der Waals surface area contributed by atoms with Crippen LogP contribution >= 0.6 is 0 Å². The number of carbonyl (C=O) groups excluding carboxylic acids is 2. The number of hydrazone groups is 1. The molecular weight excluding hydrogens is 290 g/mol. The third-order valence-corrected chi connectivity index (χ3v) is 4.07. The van der Waals surface area contributed by atoms with Crippen molar-refractivity contribution >= 4 is 18.0 Å². The Morgan fingerprint density at radius 3 is 2.26 bits per heavy atom. The molecule has 1 N–H and O–H groups in total. The second kappa shape index (κ2) is 8.46. The third kappa shape index (κ3) is 5.20. The highest BCUT2D eigenvalue weighted by Gasteiger charge is 2.22. The van der Waals surface area contributed by atoms with E-state index in [1.54, 1.807) is 11.1 Å². The van der Waals surface area contributed by atoms with Crippen LogP contribution in [-0.2, 0) is 9.59 Å². The van der Waals surface area contributed by atoms with Crippen LogP contribution in [0.25, 0.3) is 0 Å². The van der Waals surface area contributed by atoms with Gasteiger partial charge in [0, 0.05) is 13.1 Å². The third-order valence-electron chi connectivity index (χ3n) is 4.07. The normalized spacial score (nSPS) is 15.7. The lowest BCUT2D eigenvalue weighted by Gasteiger charge is -2.18. The molecule has 1 heterocycles. The Morgan fingerprint density at radius 1 is 1.09 bits per heavy atom. The van der Waals surface area contributed by atoms with Crippen molar-refractivity contribution < 1.29 is 9.59 Å². The van der Waals surface area contributed by atoms with Crippen LogP contribution in [0.2, 0.25) is 0 Å². The van der Waals surface area contributed by atoms with Crippen molar-refractivity contribution in [2.75, 3.05) is 13.1 Å². The Kier molecular flexibility index (Phi) is 6.32. The Bertz CT molecular complexity index is 556. The van der Waals surface area contributed by atoms with Crippen LogP contribution in [0, 0.1) is 0 Å². The molecule has 0 radical (unpaired) electrons. The van der Waals surface area contributed by atoms with Gasteiger partial charge in [-0.05, 0) is 29.9 Å². The first kappa shape index (κ1) is 17.2. The summed E-state index contributed by atoms with van der Waals surface area (Å²) in [5, 5.41) is 3.88. The van der Waals surface area contributed by atoms with Crippen LogP contribution in [0.3, 0.4) is 0 Å². The van der Waals surface area contributed by atoms with Gasteiger partial charge < -0.3 is 4.90 Å². The molecule has 0 atom stereocenters. The summed E-state index contributed by atoms with van der Waals surface area (Å²) in [6, 6.07) is 7.97. The summed E-state index contributed by atoms with van der Waals surface area (Å²) in [4.78, 5) is 25.5. The highest BCUT2D eigenvalue weighted by molar-refractivity contribution is 6.35. The summed E-state index contributed by atoms with van der Waals surface area (Å²) in [6.07, 6.45) is 5.72. The predicted molar refractivity (Wildman–Crippen MR) is 91.3 cm³/mol. The molecule has 124 valence electrons. The van der Waals surface area contributed by atoms with Gasteiger partial charge in [-0.25, -0.2) is 5.43 Å². The first-order chi connectivity index (χ1) is 11.1. The molecule has 23 heavy (non-hydrogen) atoms. The second-order valence-corrected chi connectivity index (χ2v) is 6.23. The summed E-state index contributed by atoms with van der Waals surface area (Å²) in [6.45, 7) is 5.59. The molecule has 0 saturated carbocycles. The maximum absolute atomic E-state index is 12.1. The summed E-state index contributed by atoms with van der Waals surface area (Å²) < 4.78 is 0. The van der Waals surface area contributed by atoms with Gasteiger partial charge in [0.15, 0.2) is 0 Å². The van der Waals surface area contributed by atoms with Gasteiger partial charge in [-0.1, -0.05) is 51.0 Å². The minimum absolute atomic E-state index is 0.479. The van der Waals surface area contributed by atoms with Crippen molar-refractivity contribution in [3.05, 3.63) is 35.4 Å². The standard InChI is InChI=1S/C18H25N3O2/c1-14(2)16-9-7-15(8-10-16)13-19-20-17(22)18(23)21-11-5-3-4-6-12-21/h7-10,13-14H,3-6,11-12H2,1-2H3,(H,20,22)/b19-13+. The topological polar surface area (TPSA) is 61.8 Å². The fraction of sp³-hybridized carbons (Fsp3) is 0.500. The highest BCUT2D eigenvalue weighted by atomic mass is 16.2. The van der Waals surface area contributed by atoms with Gasteiger partial charge in [0.25, 0.3) is 0 Å². The van der Waals surface area contributed by atoms with Crippen LogP contribution in [0.15, 0.2) is 29.4 Å². The molecule has 0 aromatic heterocycles. The number of hydrogen-bond donors (Lipinski definition) is 1. The molecule has 1 fully saturated rings. The molecule has 0 aliphatic carbocycles. The number of nitrogens with zero attached hydrogens (tertiary/aromatic N) is 2. The highest BCUT2D eigenvalue weighted by Crippen LogP contribution is 2.13. The zero-order valence-corrected chi connectivity index (χ0v) is 13.9. The van der Waals surface area contributed by atoms with Crippen molar-refractivity contribution in [1.29, 1.82) is 0 Å². The van der Waals surface area contributed by atoms with Crippen LogP contribution in [0.5, 0.6) is 0 Å². The zero-order valence-electron chi connectivity index (χ0n) is 13.9. The van der Waals surface area contributed by atoms with Crippen molar-refractivity contribution in [3.63, 3.8) is 0 Å². The maximum Gasteiger partial charge on any atom is 0.329 e. The molecule has 5 nitrogen and oxygen atoms in total. The number of nitrogens with one attached hydrogen (secondary N) is 1. The van der Waals surface area contributed by atoms with E-state index in [0.717, 1.165) is 31.2 Å². The van der Waals surface area contributed by atoms with Gasteiger partial charge in [-0.2, -0.15) is 5.10 Å². The van der Waals surface area contributed by atoms with E-state index in [-0.39, 0.29) is 0 Å². The van der Waals surface area contributed by atoms with Crippen molar-refractivity contribution in [3.8, 4) is 0 Å². The van der Waals surface area contributed by atoms with E-state index < -0.39 is 11.8 Å². The van der Waals surface area contributed by atoms with Crippen LogP contribution in [0.4, 0.5) is 0 Å². The van der Waals surface area contributed by atoms with Crippen LogP contribution in [-0.4, -0.2) is 36.0 Å². The molecule has 0 unspecified atom stereocenters. The van der Waals surface area contributed by atoms with E-state index in [4.69, 9.17) is 0 Å². The number of likely N-dealkylation sites (tertiary alicyclic amines) is 1. The quantitative estimate of drug-likeness (QED) is 0.529. The van der Waals surface area contributed by atoms with Gasteiger partial charge in [-0.3, -0.25) is 9.59 Å². The molecule has 1 saturated heterocycles. The number of hydrogen-bond acceptors (Lipinski definition) is 3. The van der Waals surface area contributed by atoms with Crippen molar-refractivity contribution in [2.45, 2.75) is 45.4 Å². The molecule has 2 rings (SSSR count). The molecule has 1 aromatic carbocycles. The Balaban J connectivity index is 1.86. The first-order valence-electron chi connectivity index (χ1n) is 8.30. The second-order valence-electron chi connectivity index (χ2n) is 6.23. The summed E-state index contributed by atoms with van der Waals surface area (Å²) in [7, 11) is 0. The van der Waals surface area contributed by atoms with E-state index in [1.807, 2.05) is 24.3 Å². The van der Waals surface area contributed by atoms with Crippen molar-refractivity contribution in [2.24, 2.45) is 5.10 Å². The number of benzene rings is 1. The molecule has 1 aliphatic rings. The minimum Gasteiger partial charge on any atom is -0.334 e. The molecule has 2 amide bonds. The SMILES string of the molecule is CC(C)c1ccc(/C=N/NC(=O)C(=O)N2CCCCCC2)cc1. The van der Waals surface area contributed by atoms with Crippen LogP contribution in [0.1, 0.15) is 56.6 Å². The fourth-order valence-electron chi connectivity index (χ4n) is 2.60. The lowest BCUT2D eigenvalue weighted by molar-refractivity contribution is -0.145. The summed E-state index contributed by atoms with van der Waals surface area (Å²) >= 11 is 0. The van der Waals surface area contributed by atoms with E-state index >= 15 is 0 Å². The van der Waals surface area contributed by atoms with Gasteiger partial charge in [0.1, 0.15) is 0 Å². The lowest BCUT2D eigenvalue weighted by Crippen LogP contribution is -2.41. The first-order valence-corrected chi connectivity index (χ1v) is 8.30. The Morgan fingerprint density at radius 2 is 1.70 bits per heavy atom. The monoisotopic (exact) mass is 315 g/mol. The van der Waals surface area contributed by atoms with E-state index in [0.29, 0.717) is 19.0 Å². The van der Waals surface area contributed by atoms with E-state index in [1.165, 1.54) is 5.56 Å². The van der Waals surface area contributed by atoms with E-state index in [2.05, 4.69) is 24.4 Å². The largest absolute Gasteiger partial charge is 0.334 e. The smallest absolute Gasteiger partial charge is 0.329 e. The van der Waals surface area contributed by atoms with E-state index in [9.17, 15) is 9.59 Å². The van der Waals surface area contributed by atoms with Gasteiger partial charge in [0.05, 0.1) is 6.21 Å². The Hall–Kier alpha value is -2.17. The zero-order chi connectivity index (χ0) is 16.7. The van der Waals surface area contributed by atoms with Gasteiger partial charge in [0.2, 0.25) is 0 Å². The maximum atomic E-state index is 12.1. The molecule has 0 bridgehead atoms. The average Bonchev–Trinajstić information content (AvgIpc) is 2.83. The number of carbonyl (C=O) groups is 2. The minimum atomic E-state index is -0.665. The molecule has 5 heteroatoms. The van der Waals surface area contributed by atoms with Gasteiger partial charge >= 0.3 is 11.8 Å². The van der Waals surface area contributed by atoms with Crippen molar-refractivity contribution in [1.82, 2.24) is 10.3 Å². The average molecular weight is 315 g/mol. The lowest BCUT2D eigenvalue weighted by atomic mass is 10.0. The van der Waals surface area contributed by atoms with Crippen LogP contribution < -0.4 is 5.43 Å². The summed E-state index contributed by atoms with van der Waals surface area (Å²) in [5.41, 5.74) is 4.46. The predicted octanol–water partition coefficient (Wildman–Crippen LogP) is 2.66. The molecular formula is C18H25N3O2. The number of rotatable bonds is 3. The Labute approximate surface area is 137 Å². The summed E-state index contributed by atoms with van der Waals surface area (Å²) in [5.74, 6) is -0.673. The molecule has 1 aliphatic heterocycles. The fourth-order valence-corrected chi connectivity index (χ4v) is 2.60. The van der Waals surface area contributed by atoms with Gasteiger partial charge in [-0.15, -0.1) is 0 Å². The number of amides is 2. The molecule has 1 aromatic rings.